The molecule has 0 aromatic heterocycles. The fraction of sp³-hybridized carbons (Fsp3) is 0.647. The predicted molar refractivity (Wildman–Crippen MR) is 78.7 cm³/mol. The van der Waals surface area contributed by atoms with Crippen LogP contribution in [0.3, 0.4) is 0 Å². The molecule has 1 N–H and O–H groups in total. The molecule has 22 heavy (non-hydrogen) atoms. The van der Waals surface area contributed by atoms with Crippen molar-refractivity contribution in [2.24, 2.45) is 17.8 Å². The summed E-state index contributed by atoms with van der Waals surface area (Å²) in [5.74, 6) is -1.53. The number of hydrogen-bond donors (Lipinski definition) is 1. The standard InChI is InChI=1S/C17H22O5/c1-8-7-12(21-10(3)18)13-9(2)16(19)22-15(13)14-11(8)5-6-17(14,4)20/h5-6,9,12-15,20H,7H2,1-4H3/t9-,12-,13+,14-,15-,17+/m0/s1. The van der Waals surface area contributed by atoms with Crippen molar-refractivity contribution < 1.29 is 24.2 Å². The van der Waals surface area contributed by atoms with Crippen molar-refractivity contribution >= 4 is 11.9 Å². The molecule has 1 aliphatic heterocycles. The summed E-state index contributed by atoms with van der Waals surface area (Å²) < 4.78 is 11.1. The summed E-state index contributed by atoms with van der Waals surface area (Å²) in [4.78, 5) is 23.5. The first-order chi connectivity index (χ1) is 10.2. The third kappa shape index (κ3) is 2.19. The van der Waals surface area contributed by atoms with Gasteiger partial charge >= 0.3 is 11.9 Å². The van der Waals surface area contributed by atoms with Crippen LogP contribution < -0.4 is 0 Å². The van der Waals surface area contributed by atoms with Gasteiger partial charge in [-0.3, -0.25) is 9.59 Å². The van der Waals surface area contributed by atoms with Gasteiger partial charge in [0, 0.05) is 19.3 Å². The fourth-order valence-electron chi connectivity index (χ4n) is 4.17. The summed E-state index contributed by atoms with van der Waals surface area (Å²) in [6.45, 7) is 6.90. The normalized spacial score (nSPS) is 43.5. The van der Waals surface area contributed by atoms with Gasteiger partial charge in [-0.1, -0.05) is 24.6 Å². The van der Waals surface area contributed by atoms with E-state index in [1.54, 1.807) is 19.9 Å². The number of aliphatic hydroxyl groups is 1. The zero-order valence-corrected chi connectivity index (χ0v) is 13.3. The molecule has 1 heterocycles. The van der Waals surface area contributed by atoms with E-state index in [4.69, 9.17) is 9.47 Å². The molecule has 0 aromatic rings. The Balaban J connectivity index is 2.07. The van der Waals surface area contributed by atoms with Crippen LogP contribution in [0.4, 0.5) is 0 Å². The molecule has 0 bridgehead atoms. The quantitative estimate of drug-likeness (QED) is 0.747. The van der Waals surface area contributed by atoms with E-state index >= 15 is 0 Å². The molecule has 0 aromatic carbocycles. The van der Waals surface area contributed by atoms with Crippen molar-refractivity contribution in [3.05, 3.63) is 23.3 Å². The Hall–Kier alpha value is -1.62. The van der Waals surface area contributed by atoms with E-state index in [9.17, 15) is 14.7 Å². The highest BCUT2D eigenvalue weighted by molar-refractivity contribution is 5.75. The number of esters is 2. The van der Waals surface area contributed by atoms with E-state index in [-0.39, 0.29) is 29.7 Å². The highest BCUT2D eigenvalue weighted by atomic mass is 16.6. The topological polar surface area (TPSA) is 72.8 Å². The molecule has 0 saturated carbocycles. The van der Waals surface area contributed by atoms with E-state index in [0.717, 1.165) is 11.1 Å². The Morgan fingerprint density at radius 1 is 1.50 bits per heavy atom. The summed E-state index contributed by atoms with van der Waals surface area (Å²) in [6.07, 6.45) is 3.37. The SMILES string of the molecule is CC(=O)O[C@H]1CC(C)=C2C=C[C@@](C)(O)[C@@H]2[C@H]2OC(=O)[C@@H](C)[C@@H]21. The molecule has 0 amide bonds. The van der Waals surface area contributed by atoms with E-state index in [1.165, 1.54) is 6.92 Å². The minimum atomic E-state index is -1.06. The number of rotatable bonds is 1. The lowest BCUT2D eigenvalue weighted by Gasteiger charge is -2.34. The number of hydrogen-bond acceptors (Lipinski definition) is 5. The highest BCUT2D eigenvalue weighted by Crippen LogP contribution is 2.50. The molecular formula is C17H22O5. The van der Waals surface area contributed by atoms with Crippen LogP contribution in [0.5, 0.6) is 0 Å². The molecule has 2 aliphatic carbocycles. The molecule has 0 spiro atoms. The summed E-state index contributed by atoms with van der Waals surface area (Å²) in [5.41, 5.74) is 1.01. The van der Waals surface area contributed by atoms with Gasteiger partial charge in [-0.2, -0.15) is 0 Å². The zero-order chi connectivity index (χ0) is 16.2. The fourth-order valence-corrected chi connectivity index (χ4v) is 4.17. The van der Waals surface area contributed by atoms with Crippen LogP contribution in [0.1, 0.15) is 34.1 Å². The van der Waals surface area contributed by atoms with Crippen LogP contribution >= 0.6 is 0 Å². The van der Waals surface area contributed by atoms with Crippen LogP contribution in [0.2, 0.25) is 0 Å². The highest BCUT2D eigenvalue weighted by Gasteiger charge is 2.57. The average Bonchev–Trinajstić information content (AvgIpc) is 2.81. The predicted octanol–water partition coefficient (Wildman–Crippen LogP) is 1.75. The lowest BCUT2D eigenvalue weighted by molar-refractivity contribution is -0.151. The van der Waals surface area contributed by atoms with E-state index in [0.29, 0.717) is 6.42 Å². The molecule has 5 nitrogen and oxygen atoms in total. The third-order valence-corrected chi connectivity index (χ3v) is 5.22. The molecule has 3 aliphatic rings. The maximum atomic E-state index is 12.1. The van der Waals surface area contributed by atoms with Gasteiger partial charge in [-0.25, -0.2) is 0 Å². The second kappa shape index (κ2) is 4.95. The van der Waals surface area contributed by atoms with Gasteiger partial charge < -0.3 is 14.6 Å². The maximum absolute atomic E-state index is 12.1. The molecule has 0 unspecified atom stereocenters. The van der Waals surface area contributed by atoms with Gasteiger partial charge in [0.2, 0.25) is 0 Å². The summed E-state index contributed by atoms with van der Waals surface area (Å²) in [6, 6.07) is 0. The van der Waals surface area contributed by atoms with Crippen molar-refractivity contribution in [1.29, 1.82) is 0 Å². The molecule has 120 valence electrons. The largest absolute Gasteiger partial charge is 0.462 e. The average molecular weight is 306 g/mol. The number of carbonyl (C=O) groups is 2. The summed E-state index contributed by atoms with van der Waals surface area (Å²) in [7, 11) is 0. The molecule has 1 fully saturated rings. The van der Waals surface area contributed by atoms with Crippen molar-refractivity contribution in [3.63, 3.8) is 0 Å². The smallest absolute Gasteiger partial charge is 0.309 e. The minimum Gasteiger partial charge on any atom is -0.462 e. The minimum absolute atomic E-state index is 0.236. The van der Waals surface area contributed by atoms with E-state index < -0.39 is 17.8 Å². The lowest BCUT2D eigenvalue weighted by Crippen LogP contribution is -2.44. The Morgan fingerprint density at radius 2 is 2.18 bits per heavy atom. The van der Waals surface area contributed by atoms with Crippen molar-refractivity contribution in [2.45, 2.75) is 51.9 Å². The van der Waals surface area contributed by atoms with Gasteiger partial charge in [-0.15, -0.1) is 0 Å². The van der Waals surface area contributed by atoms with Gasteiger partial charge in [0.05, 0.1) is 17.4 Å². The zero-order valence-electron chi connectivity index (χ0n) is 13.3. The molecular weight excluding hydrogens is 284 g/mol. The number of ether oxygens (including phenoxy) is 2. The second-order valence-corrected chi connectivity index (χ2v) is 6.89. The summed E-state index contributed by atoms with van der Waals surface area (Å²) >= 11 is 0. The maximum Gasteiger partial charge on any atom is 0.309 e. The first-order valence-electron chi connectivity index (χ1n) is 7.71. The van der Waals surface area contributed by atoms with Crippen molar-refractivity contribution in [1.82, 2.24) is 0 Å². The van der Waals surface area contributed by atoms with Crippen molar-refractivity contribution in [2.75, 3.05) is 0 Å². The number of fused-ring (bicyclic) bond motifs is 3. The number of allylic oxidation sites excluding steroid dienone is 1. The van der Waals surface area contributed by atoms with Gasteiger partial charge in [-0.05, 0) is 19.4 Å². The van der Waals surface area contributed by atoms with Crippen LogP contribution in [-0.4, -0.2) is 34.9 Å². The monoisotopic (exact) mass is 306 g/mol. The molecule has 1 saturated heterocycles. The second-order valence-electron chi connectivity index (χ2n) is 6.89. The third-order valence-electron chi connectivity index (χ3n) is 5.22. The molecule has 0 radical (unpaired) electrons. The number of carbonyl (C=O) groups excluding carboxylic acids is 2. The van der Waals surface area contributed by atoms with Crippen molar-refractivity contribution in [3.8, 4) is 0 Å². The Labute approximate surface area is 130 Å². The first-order valence-corrected chi connectivity index (χ1v) is 7.71. The van der Waals surface area contributed by atoms with Crippen LogP contribution in [-0.2, 0) is 19.1 Å². The lowest BCUT2D eigenvalue weighted by atomic mass is 9.76. The molecule has 3 rings (SSSR count). The Morgan fingerprint density at radius 3 is 2.82 bits per heavy atom. The Bertz CT molecular complexity index is 586. The van der Waals surface area contributed by atoms with Crippen LogP contribution in [0, 0.1) is 17.8 Å². The van der Waals surface area contributed by atoms with Gasteiger partial charge in [0.25, 0.3) is 0 Å². The Kier molecular flexibility index (Phi) is 3.44. The van der Waals surface area contributed by atoms with Gasteiger partial charge in [0.15, 0.2) is 0 Å². The van der Waals surface area contributed by atoms with E-state index in [1.807, 2.05) is 13.0 Å². The van der Waals surface area contributed by atoms with Crippen LogP contribution in [0.15, 0.2) is 23.3 Å². The molecule has 6 atom stereocenters. The van der Waals surface area contributed by atoms with Gasteiger partial charge in [0.1, 0.15) is 12.2 Å². The first kappa shape index (κ1) is 15.3. The van der Waals surface area contributed by atoms with E-state index in [2.05, 4.69) is 0 Å². The summed E-state index contributed by atoms with van der Waals surface area (Å²) in [5, 5.41) is 10.7. The van der Waals surface area contributed by atoms with Crippen LogP contribution in [0.25, 0.3) is 0 Å². The molecule has 5 heteroatoms.